The van der Waals surface area contributed by atoms with Crippen molar-refractivity contribution in [1.82, 2.24) is 0 Å². The Labute approximate surface area is 299 Å². The first-order valence-electron chi connectivity index (χ1n) is 22.1. The third kappa shape index (κ3) is 21.2. The molecule has 0 fully saturated rings. The maximum atomic E-state index is 2.43. The van der Waals surface area contributed by atoms with Crippen LogP contribution in [-0.4, -0.2) is 98.6 Å². The molecule has 0 saturated carbocycles. The fraction of sp³-hybridized carbons (Fsp3) is 1.00. The Kier molecular flexibility index (Phi) is 34.1. The molecule has 0 aliphatic carbocycles. The molecule has 0 rings (SSSR count). The van der Waals surface area contributed by atoms with Crippen molar-refractivity contribution >= 4 is 29.0 Å². The van der Waals surface area contributed by atoms with E-state index >= 15 is 0 Å². The van der Waals surface area contributed by atoms with Crippen LogP contribution in [-0.2, 0) is 0 Å². The molecule has 0 aromatic rings. The quantitative estimate of drug-likeness (QED) is 0.0605. The summed E-state index contributed by atoms with van der Waals surface area (Å²) in [7, 11) is -3.77. The summed E-state index contributed by atoms with van der Waals surface area (Å²) in [4.78, 5) is 0. The molecule has 0 radical (unpaired) electrons. The van der Waals surface area contributed by atoms with Gasteiger partial charge in [-0.15, -0.1) is 0 Å². The van der Waals surface area contributed by atoms with E-state index in [1.54, 1.807) is 111 Å². The van der Waals surface area contributed by atoms with E-state index in [4.69, 9.17) is 0 Å². The van der Waals surface area contributed by atoms with Crippen LogP contribution in [0.3, 0.4) is 0 Å². The van der Waals surface area contributed by atoms with Gasteiger partial charge in [-0.1, -0.05) is 0 Å². The van der Waals surface area contributed by atoms with Crippen LogP contribution in [0.25, 0.3) is 0 Å². The van der Waals surface area contributed by atoms with Gasteiger partial charge in [0.2, 0.25) is 0 Å². The van der Waals surface area contributed by atoms with Crippen LogP contribution in [0, 0.1) is 0 Å². The Bertz CT molecular complexity index is 459. The molecule has 0 heterocycles. The monoisotopic (exact) mass is 729 g/mol. The van der Waals surface area contributed by atoms with E-state index in [0.29, 0.717) is 0 Å². The van der Waals surface area contributed by atoms with Crippen molar-refractivity contribution in [3.63, 3.8) is 0 Å². The van der Waals surface area contributed by atoms with Crippen molar-refractivity contribution < 1.29 is 0 Å². The topological polar surface area (TPSA) is 0 Å². The van der Waals surface area contributed by atoms with Crippen LogP contribution in [0.1, 0.15) is 173 Å². The second-order valence-corrected chi connectivity index (χ2v) is 36.7. The van der Waals surface area contributed by atoms with Gasteiger partial charge in [0.25, 0.3) is 0 Å². The zero-order valence-corrected chi connectivity index (χ0v) is 39.2. The van der Waals surface area contributed by atoms with Crippen LogP contribution >= 0.6 is 29.0 Å². The summed E-state index contributed by atoms with van der Waals surface area (Å²) in [5, 5.41) is 0. The van der Waals surface area contributed by atoms with Gasteiger partial charge in [0.05, 0.1) is 0 Å². The molecule has 0 unspecified atom stereocenters. The summed E-state index contributed by atoms with van der Waals surface area (Å²) in [6.07, 6.45) is 46.4. The molecular weight excluding hydrogens is 628 g/mol. The molecule has 0 spiro atoms. The van der Waals surface area contributed by atoms with Crippen molar-refractivity contribution in [2.24, 2.45) is 0 Å². The first kappa shape index (κ1) is 49.8. The Morgan fingerprint density at radius 2 is 0.283 bits per heavy atom. The second kappa shape index (κ2) is 31.5. The Balaban J connectivity index is 0. The minimum atomic E-state index is -0.942. The minimum absolute atomic E-state index is 0.942. The van der Waals surface area contributed by atoms with E-state index in [-0.39, 0.29) is 0 Å². The molecule has 0 nitrogen and oxygen atoms in total. The fourth-order valence-electron chi connectivity index (χ4n) is 11.0. The Hall–Kier alpha value is 1.72. The molecule has 288 valence electrons. The molecule has 0 N–H and O–H groups in total. The summed E-state index contributed by atoms with van der Waals surface area (Å²) in [5.74, 6) is 0. The van der Waals surface area contributed by atoms with Crippen LogP contribution in [0.4, 0.5) is 0 Å². The molecule has 0 amide bonds. The first-order chi connectivity index (χ1) is 22.1. The summed E-state index contributed by atoms with van der Waals surface area (Å²) in [6, 6.07) is 0. The predicted octanol–water partition coefficient (Wildman–Crippen LogP) is 14.7. The summed E-state index contributed by atoms with van der Waals surface area (Å²) >= 11 is 0. The third-order valence-corrected chi connectivity index (χ3v) is 36.6. The van der Waals surface area contributed by atoms with E-state index in [0.717, 1.165) is 0 Å². The molecule has 0 atom stereocenters. The van der Waals surface area contributed by atoms with E-state index in [9.17, 15) is 0 Å². The molecule has 46 heavy (non-hydrogen) atoms. The van der Waals surface area contributed by atoms with Gasteiger partial charge in [0.1, 0.15) is 0 Å². The average Bonchev–Trinajstić information content (AvgIpc) is 2.99. The van der Waals surface area contributed by atoms with E-state index in [2.05, 4.69) is 83.1 Å². The van der Waals surface area contributed by atoms with Gasteiger partial charge < -0.3 is 0 Å². The van der Waals surface area contributed by atoms with Gasteiger partial charge >= 0.3 is 301 Å². The van der Waals surface area contributed by atoms with Crippen molar-refractivity contribution in [3.05, 3.63) is 0 Å². The summed E-state index contributed by atoms with van der Waals surface area (Å²) in [5.41, 5.74) is 0. The molecule has 4 heteroatoms. The maximum absolute atomic E-state index is 2.43. The van der Waals surface area contributed by atoms with Crippen LogP contribution < -0.4 is 0 Å². The van der Waals surface area contributed by atoms with Gasteiger partial charge in [-0.2, -0.15) is 0 Å². The standard InChI is InChI=1S/2C21H50P2/c2*1-7-14-22(15-8-2,16-9-3)20-13-21-23(17-10-4,18-11-5)19-12-6/h2*22-23H,7-21H2,1-6H3. The van der Waals surface area contributed by atoms with Gasteiger partial charge in [0.15, 0.2) is 0 Å². The predicted molar refractivity (Wildman–Crippen MR) is 244 cm³/mol. The fourth-order valence-corrected chi connectivity index (χ4v) is 34.2. The Morgan fingerprint density at radius 3 is 0.370 bits per heavy atom. The van der Waals surface area contributed by atoms with E-state index in [1.807, 2.05) is 0 Å². The average molecular weight is 729 g/mol. The molecule has 0 aliphatic heterocycles. The van der Waals surface area contributed by atoms with Crippen molar-refractivity contribution in [2.45, 2.75) is 173 Å². The first-order valence-corrected chi connectivity index (χ1v) is 33.5. The molecule has 0 aromatic carbocycles. The molecule has 0 bridgehead atoms. The summed E-state index contributed by atoms with van der Waals surface area (Å²) in [6.45, 7) is 29.1. The third-order valence-electron chi connectivity index (χ3n) is 12.2. The molecule has 0 aliphatic rings. The van der Waals surface area contributed by atoms with E-state index < -0.39 is 29.0 Å². The van der Waals surface area contributed by atoms with Crippen molar-refractivity contribution in [3.8, 4) is 0 Å². The zero-order chi connectivity index (χ0) is 35.2. The second-order valence-electron chi connectivity index (χ2n) is 16.7. The normalized spacial score (nSPS) is 14.2. The zero-order valence-electron chi connectivity index (χ0n) is 35.2. The van der Waals surface area contributed by atoms with Crippen LogP contribution in [0.5, 0.6) is 0 Å². The van der Waals surface area contributed by atoms with Crippen molar-refractivity contribution in [1.29, 1.82) is 0 Å². The van der Waals surface area contributed by atoms with Gasteiger partial charge in [-0.05, 0) is 0 Å². The number of hydrogen-bond acceptors (Lipinski definition) is 0. The number of rotatable bonds is 32. The van der Waals surface area contributed by atoms with Crippen molar-refractivity contribution in [2.75, 3.05) is 98.6 Å². The van der Waals surface area contributed by atoms with Gasteiger partial charge in [-0.3, -0.25) is 0 Å². The summed E-state index contributed by atoms with van der Waals surface area (Å²) < 4.78 is 0. The molecule has 0 aromatic heterocycles. The van der Waals surface area contributed by atoms with Gasteiger partial charge in [0, 0.05) is 0 Å². The molecule has 0 saturated heterocycles. The molecular formula is C42H100P4. The SMILES string of the molecule is CCC[PH](CCC)(CCC)CCC[PH](CCC)(CCC)CCC.CCC[PH](CCC)(CCC)CCC[PH](CCC)(CCC)CCC. The van der Waals surface area contributed by atoms with E-state index in [1.165, 1.54) is 77.0 Å². The number of hydrogen-bond donors (Lipinski definition) is 0. The Morgan fingerprint density at radius 1 is 0.174 bits per heavy atom. The van der Waals surface area contributed by atoms with Crippen LogP contribution in [0.15, 0.2) is 0 Å². The van der Waals surface area contributed by atoms with Gasteiger partial charge in [-0.25, -0.2) is 0 Å². The van der Waals surface area contributed by atoms with Crippen LogP contribution in [0.2, 0.25) is 0 Å².